The van der Waals surface area contributed by atoms with Crippen molar-refractivity contribution in [2.24, 2.45) is 35.5 Å². The average molecular weight is 328 g/mol. The Bertz CT molecular complexity index is 765. The van der Waals surface area contributed by atoms with Crippen molar-refractivity contribution < 1.29 is 14.4 Å². The van der Waals surface area contributed by atoms with Crippen LogP contribution in [0.4, 0.5) is 0 Å². The Morgan fingerprint density at radius 3 is 2.13 bits per heavy atom. The van der Waals surface area contributed by atoms with E-state index in [1.54, 1.807) is 24.3 Å². The second kappa shape index (κ2) is 4.32. The molecular formula is C18H14ClNO3. The van der Waals surface area contributed by atoms with Gasteiger partial charge in [-0.2, -0.15) is 0 Å². The van der Waals surface area contributed by atoms with Crippen molar-refractivity contribution in [3.05, 3.63) is 47.0 Å². The molecule has 23 heavy (non-hydrogen) atoms. The number of allylic oxidation sites excluding steroid dienone is 2. The van der Waals surface area contributed by atoms with Crippen LogP contribution in [0.25, 0.3) is 0 Å². The van der Waals surface area contributed by atoms with Gasteiger partial charge in [0.2, 0.25) is 11.8 Å². The molecule has 4 aliphatic carbocycles. The standard InChI is InChI=1S/C18H14ClNO3/c19-13-4-2-1-3-10(13)16(21)20-17(22)14-8-5-6-9(12-7-11(8)12)15(14)18(20)23/h1-6,8-9,11-12,14-15H,7H2/t8-,9-,11-,12-,14+,15+/m0/s1. The van der Waals surface area contributed by atoms with Crippen molar-refractivity contribution in [1.29, 1.82) is 0 Å². The minimum atomic E-state index is -0.590. The summed E-state index contributed by atoms with van der Waals surface area (Å²) in [7, 11) is 0. The molecule has 0 N–H and O–H groups in total. The van der Waals surface area contributed by atoms with Crippen LogP contribution in [0.2, 0.25) is 5.02 Å². The smallest absolute Gasteiger partial charge is 0.268 e. The molecule has 0 spiro atoms. The van der Waals surface area contributed by atoms with Crippen LogP contribution in [-0.2, 0) is 9.59 Å². The largest absolute Gasteiger partial charge is 0.274 e. The van der Waals surface area contributed by atoms with Crippen LogP contribution in [0.1, 0.15) is 16.8 Å². The number of amides is 3. The molecule has 0 unspecified atom stereocenters. The molecule has 1 aromatic carbocycles. The van der Waals surface area contributed by atoms with Gasteiger partial charge in [-0.25, -0.2) is 4.90 Å². The summed E-state index contributed by atoms with van der Waals surface area (Å²) in [5.74, 6) is -0.680. The zero-order chi connectivity index (χ0) is 15.9. The van der Waals surface area contributed by atoms with Gasteiger partial charge in [0.25, 0.3) is 5.91 Å². The van der Waals surface area contributed by atoms with E-state index in [1.807, 2.05) is 0 Å². The zero-order valence-corrected chi connectivity index (χ0v) is 12.9. The topological polar surface area (TPSA) is 54.5 Å². The van der Waals surface area contributed by atoms with Crippen molar-refractivity contribution in [3.63, 3.8) is 0 Å². The minimum Gasteiger partial charge on any atom is -0.274 e. The van der Waals surface area contributed by atoms with Crippen molar-refractivity contribution in [3.8, 4) is 0 Å². The van der Waals surface area contributed by atoms with Gasteiger partial charge in [0.15, 0.2) is 0 Å². The molecule has 116 valence electrons. The number of carbonyl (C=O) groups excluding carboxylic acids is 3. The first kappa shape index (κ1) is 13.5. The Balaban J connectivity index is 1.55. The van der Waals surface area contributed by atoms with E-state index in [0.717, 1.165) is 11.3 Å². The van der Waals surface area contributed by atoms with Gasteiger partial charge in [0.05, 0.1) is 22.4 Å². The van der Waals surface area contributed by atoms with E-state index >= 15 is 0 Å². The van der Waals surface area contributed by atoms with E-state index in [1.165, 1.54) is 0 Å². The maximum Gasteiger partial charge on any atom is 0.268 e. The summed E-state index contributed by atoms with van der Waals surface area (Å²) in [6.45, 7) is 0. The third-order valence-electron chi connectivity index (χ3n) is 5.97. The molecule has 5 aliphatic rings. The molecular weight excluding hydrogens is 314 g/mol. The molecule has 3 amide bonds. The molecule has 2 saturated carbocycles. The number of nitrogens with zero attached hydrogens (tertiary/aromatic N) is 1. The monoisotopic (exact) mass is 327 g/mol. The highest BCUT2D eigenvalue weighted by Gasteiger charge is 2.67. The van der Waals surface area contributed by atoms with Crippen molar-refractivity contribution in [1.82, 2.24) is 4.90 Å². The normalized spacial score (nSPS) is 39.4. The lowest BCUT2D eigenvalue weighted by Crippen LogP contribution is -2.40. The van der Waals surface area contributed by atoms with E-state index < -0.39 is 5.91 Å². The van der Waals surface area contributed by atoms with Gasteiger partial charge in [0, 0.05) is 0 Å². The van der Waals surface area contributed by atoms with Gasteiger partial charge < -0.3 is 0 Å². The van der Waals surface area contributed by atoms with E-state index in [2.05, 4.69) is 12.2 Å². The summed E-state index contributed by atoms with van der Waals surface area (Å²) in [4.78, 5) is 39.3. The maximum absolute atomic E-state index is 12.8. The third-order valence-corrected chi connectivity index (χ3v) is 6.30. The molecule has 1 heterocycles. The molecule has 1 saturated heterocycles. The number of hydrogen-bond acceptors (Lipinski definition) is 3. The zero-order valence-electron chi connectivity index (χ0n) is 12.2. The summed E-state index contributed by atoms with van der Waals surface area (Å²) >= 11 is 6.06. The molecule has 1 aromatic rings. The predicted molar refractivity (Wildman–Crippen MR) is 82.3 cm³/mol. The second-order valence-corrected chi connectivity index (χ2v) is 7.36. The molecule has 4 nitrogen and oxygen atoms in total. The molecule has 3 fully saturated rings. The number of halogens is 1. The van der Waals surface area contributed by atoms with Gasteiger partial charge in [-0.15, -0.1) is 0 Å². The Labute approximate surface area is 138 Å². The first-order chi connectivity index (χ1) is 11.1. The predicted octanol–water partition coefficient (Wildman–Crippen LogP) is 2.53. The highest BCUT2D eigenvalue weighted by Crippen LogP contribution is 2.65. The first-order valence-corrected chi connectivity index (χ1v) is 8.32. The SMILES string of the molecule is O=C(c1ccccc1Cl)N1C(=O)[C@@H]2[C@H]3C=C[C@@H]([C@@H]4C[C@@H]34)[C@H]2C1=O. The van der Waals surface area contributed by atoms with Crippen LogP contribution in [0.15, 0.2) is 36.4 Å². The molecule has 1 aliphatic heterocycles. The van der Waals surface area contributed by atoms with Crippen LogP contribution in [0.5, 0.6) is 0 Å². The van der Waals surface area contributed by atoms with Crippen molar-refractivity contribution in [2.75, 3.05) is 0 Å². The molecule has 6 atom stereocenters. The summed E-state index contributed by atoms with van der Waals surface area (Å²) in [5.41, 5.74) is 0.208. The van der Waals surface area contributed by atoms with E-state index in [4.69, 9.17) is 11.6 Å². The molecule has 0 aromatic heterocycles. The number of hydrogen-bond donors (Lipinski definition) is 0. The maximum atomic E-state index is 12.8. The Kier molecular flexibility index (Phi) is 2.54. The Morgan fingerprint density at radius 2 is 1.57 bits per heavy atom. The van der Waals surface area contributed by atoms with Crippen molar-refractivity contribution in [2.45, 2.75) is 6.42 Å². The average Bonchev–Trinajstić information content (AvgIpc) is 3.32. The highest BCUT2D eigenvalue weighted by atomic mass is 35.5. The lowest BCUT2D eigenvalue weighted by Gasteiger charge is -2.37. The van der Waals surface area contributed by atoms with Crippen LogP contribution >= 0.6 is 11.6 Å². The quantitative estimate of drug-likeness (QED) is 0.588. The second-order valence-electron chi connectivity index (χ2n) is 6.95. The van der Waals surface area contributed by atoms with Crippen molar-refractivity contribution >= 4 is 29.3 Å². The highest BCUT2D eigenvalue weighted by molar-refractivity contribution is 6.35. The summed E-state index contributed by atoms with van der Waals surface area (Å²) in [6, 6.07) is 6.53. The molecule has 2 bridgehead atoms. The summed E-state index contributed by atoms with van der Waals surface area (Å²) < 4.78 is 0. The Morgan fingerprint density at radius 1 is 1.00 bits per heavy atom. The van der Waals surface area contributed by atoms with Gasteiger partial charge in [0.1, 0.15) is 0 Å². The summed E-state index contributed by atoms with van der Waals surface area (Å²) in [6.07, 6.45) is 5.29. The fourth-order valence-corrected chi connectivity index (χ4v) is 5.13. The Hall–Kier alpha value is -1.94. The fraction of sp³-hybridized carbons (Fsp3) is 0.389. The molecule has 5 heteroatoms. The third kappa shape index (κ3) is 1.59. The van der Waals surface area contributed by atoms with Crippen LogP contribution in [-0.4, -0.2) is 22.6 Å². The number of benzene rings is 1. The van der Waals surface area contributed by atoms with E-state index in [9.17, 15) is 14.4 Å². The molecule has 6 rings (SSSR count). The summed E-state index contributed by atoms with van der Waals surface area (Å²) in [5, 5.41) is 0.261. The van der Waals surface area contributed by atoms with E-state index in [-0.39, 0.29) is 46.1 Å². The van der Waals surface area contributed by atoms with Gasteiger partial charge in [-0.05, 0) is 42.2 Å². The van der Waals surface area contributed by atoms with Crippen LogP contribution in [0, 0.1) is 35.5 Å². The lowest BCUT2D eigenvalue weighted by molar-refractivity contribution is -0.136. The fourth-order valence-electron chi connectivity index (χ4n) is 4.91. The number of imide groups is 3. The number of rotatable bonds is 1. The van der Waals surface area contributed by atoms with Gasteiger partial charge >= 0.3 is 0 Å². The van der Waals surface area contributed by atoms with Gasteiger partial charge in [-0.3, -0.25) is 14.4 Å². The van der Waals surface area contributed by atoms with Crippen LogP contribution < -0.4 is 0 Å². The number of likely N-dealkylation sites (tertiary alicyclic amines) is 1. The lowest BCUT2D eigenvalue weighted by atomic mass is 9.63. The van der Waals surface area contributed by atoms with Crippen LogP contribution in [0.3, 0.4) is 0 Å². The van der Waals surface area contributed by atoms with E-state index in [0.29, 0.717) is 11.8 Å². The van der Waals surface area contributed by atoms with Gasteiger partial charge in [-0.1, -0.05) is 35.9 Å². The number of carbonyl (C=O) groups is 3. The minimum absolute atomic E-state index is 0.121. The first-order valence-electron chi connectivity index (χ1n) is 7.94. The molecule has 0 radical (unpaired) electrons.